The molecule has 0 aliphatic carbocycles. The quantitative estimate of drug-likeness (QED) is 0.193. The van der Waals surface area contributed by atoms with Crippen LogP contribution in [0.3, 0.4) is 0 Å². The molecule has 0 atom stereocenters. The summed E-state index contributed by atoms with van der Waals surface area (Å²) in [6.45, 7) is 14.5. The van der Waals surface area contributed by atoms with Gasteiger partial charge in [-0.25, -0.2) is 0 Å². The predicted octanol–water partition coefficient (Wildman–Crippen LogP) is 3.13. The monoisotopic (exact) mass is 392 g/mol. The average Bonchev–Trinajstić information content (AvgIpc) is 3.06. The Hall–Kier alpha value is -2.45. The highest BCUT2D eigenvalue weighted by atomic mass is 32.2. The third-order valence-corrected chi connectivity index (χ3v) is 4.33. The lowest BCUT2D eigenvalue weighted by Gasteiger charge is -2.16. The van der Waals surface area contributed by atoms with Crippen molar-refractivity contribution < 1.29 is 9.34 Å². The van der Waals surface area contributed by atoms with Crippen LogP contribution < -0.4 is 10.6 Å². The first-order valence-electron chi connectivity index (χ1n) is 8.62. The summed E-state index contributed by atoms with van der Waals surface area (Å²) in [5.74, 6) is 3.75. The first-order chi connectivity index (χ1) is 13.1. The van der Waals surface area contributed by atoms with E-state index < -0.39 is 4.92 Å². The molecule has 8 heteroatoms. The van der Waals surface area contributed by atoms with Gasteiger partial charge < -0.3 is 15.1 Å². The summed E-state index contributed by atoms with van der Waals surface area (Å²) in [6.07, 6.45) is 6.29. The molecule has 0 fully saturated rings. The van der Waals surface area contributed by atoms with Gasteiger partial charge in [-0.3, -0.25) is 15.0 Å². The lowest BCUT2D eigenvalue weighted by atomic mass is 10.3. The molecule has 1 aromatic rings. The molecule has 0 aromatic carbocycles. The van der Waals surface area contributed by atoms with E-state index >= 15 is 0 Å². The Morgan fingerprint density at radius 3 is 2.52 bits per heavy atom. The van der Waals surface area contributed by atoms with Crippen molar-refractivity contribution in [3.8, 4) is 0 Å². The van der Waals surface area contributed by atoms with Gasteiger partial charge in [0.25, 0.3) is 6.20 Å². The Morgan fingerprint density at radius 2 is 1.89 bits per heavy atom. The van der Waals surface area contributed by atoms with Crippen molar-refractivity contribution in [2.75, 3.05) is 31.9 Å². The molecule has 0 radical (unpaired) electrons. The molecule has 0 aliphatic rings. The van der Waals surface area contributed by atoms with Crippen molar-refractivity contribution in [3.63, 3.8) is 0 Å². The van der Waals surface area contributed by atoms with Crippen molar-refractivity contribution >= 4 is 11.8 Å². The number of nitrogens with one attached hydrogen (secondary N) is 2. The van der Waals surface area contributed by atoms with Crippen LogP contribution in [-0.2, 0) is 12.3 Å². The van der Waals surface area contributed by atoms with E-state index in [9.17, 15) is 10.1 Å². The Morgan fingerprint density at radius 1 is 1.19 bits per heavy atom. The van der Waals surface area contributed by atoms with Gasteiger partial charge in [-0.1, -0.05) is 18.2 Å². The Bertz CT molecular complexity index is 633. The van der Waals surface area contributed by atoms with Crippen LogP contribution in [0, 0.1) is 10.1 Å². The summed E-state index contributed by atoms with van der Waals surface area (Å²) in [4.78, 5) is 12.3. The summed E-state index contributed by atoms with van der Waals surface area (Å²) < 4.78 is 5.86. The van der Waals surface area contributed by atoms with Crippen LogP contribution in [0.25, 0.3) is 0 Å². The van der Waals surface area contributed by atoms with Gasteiger partial charge in [0.05, 0.1) is 17.2 Å². The van der Waals surface area contributed by atoms with Crippen molar-refractivity contribution in [1.82, 2.24) is 15.5 Å². The van der Waals surface area contributed by atoms with E-state index in [0.717, 1.165) is 42.3 Å². The van der Waals surface area contributed by atoms with E-state index in [4.69, 9.17) is 4.42 Å². The van der Waals surface area contributed by atoms with Crippen molar-refractivity contribution in [1.29, 1.82) is 0 Å². The minimum atomic E-state index is -0.488. The van der Waals surface area contributed by atoms with E-state index in [-0.39, 0.29) is 0 Å². The normalized spacial score (nSPS) is 11.2. The van der Waals surface area contributed by atoms with Gasteiger partial charge in [0, 0.05) is 31.9 Å². The molecule has 0 saturated heterocycles. The third kappa shape index (κ3) is 10.3. The maximum absolute atomic E-state index is 10.6. The van der Waals surface area contributed by atoms with Gasteiger partial charge in [-0.15, -0.1) is 19.7 Å². The Labute approximate surface area is 165 Å². The number of nitrogens with zero attached hydrogens (tertiary/aromatic N) is 2. The fourth-order valence-electron chi connectivity index (χ4n) is 2.25. The van der Waals surface area contributed by atoms with E-state index in [0.29, 0.717) is 25.5 Å². The standard InChI is InChI=1S/C19H28N4O3S/c1-4-9-20-19(15-23(24)25)21-10-13-27-16-18-8-7-17(26-18)14-22(11-5-2)12-6-3/h4-8,15,20-21H,1-3,9-14,16H2/b19-15+. The van der Waals surface area contributed by atoms with Gasteiger partial charge in [0.15, 0.2) is 5.82 Å². The predicted molar refractivity (Wildman–Crippen MR) is 112 cm³/mol. The van der Waals surface area contributed by atoms with Crippen LogP contribution in [0.15, 0.2) is 66.5 Å². The average molecular weight is 393 g/mol. The number of thioether (sulfide) groups is 1. The fraction of sp³-hybridized carbons (Fsp3) is 0.368. The third-order valence-electron chi connectivity index (χ3n) is 3.35. The van der Waals surface area contributed by atoms with E-state index in [2.05, 4.69) is 35.3 Å². The second-order valence-corrected chi connectivity index (χ2v) is 6.72. The molecular weight excluding hydrogens is 364 g/mol. The number of nitro groups is 1. The van der Waals surface area contributed by atoms with Gasteiger partial charge in [0.2, 0.25) is 0 Å². The van der Waals surface area contributed by atoms with E-state index in [1.807, 2.05) is 24.3 Å². The molecule has 0 amide bonds. The van der Waals surface area contributed by atoms with Gasteiger partial charge in [-0.05, 0) is 12.1 Å². The van der Waals surface area contributed by atoms with Crippen LogP contribution in [0.5, 0.6) is 0 Å². The molecule has 0 aliphatic heterocycles. The maximum atomic E-state index is 10.6. The van der Waals surface area contributed by atoms with Crippen LogP contribution in [0.2, 0.25) is 0 Å². The molecule has 27 heavy (non-hydrogen) atoms. The minimum Gasteiger partial charge on any atom is -0.464 e. The number of furan rings is 1. The zero-order valence-electron chi connectivity index (χ0n) is 15.6. The molecule has 0 saturated carbocycles. The summed E-state index contributed by atoms with van der Waals surface area (Å²) in [5.41, 5.74) is 0. The number of hydrogen-bond donors (Lipinski definition) is 2. The number of hydrogen-bond acceptors (Lipinski definition) is 7. The topological polar surface area (TPSA) is 83.6 Å². The molecule has 1 rings (SSSR count). The second kappa shape index (κ2) is 13.7. The fourth-order valence-corrected chi connectivity index (χ4v) is 2.99. The van der Waals surface area contributed by atoms with Crippen molar-refractivity contribution in [2.45, 2.75) is 12.3 Å². The summed E-state index contributed by atoms with van der Waals surface area (Å²) in [5, 5.41) is 16.5. The molecule has 0 bridgehead atoms. The zero-order chi connectivity index (χ0) is 19.9. The first-order valence-corrected chi connectivity index (χ1v) is 9.78. The molecule has 148 valence electrons. The highest BCUT2D eigenvalue weighted by Gasteiger charge is 2.07. The molecule has 1 heterocycles. The molecular formula is C19H28N4O3S. The van der Waals surface area contributed by atoms with Crippen LogP contribution >= 0.6 is 11.8 Å². The van der Waals surface area contributed by atoms with Crippen molar-refractivity contribution in [3.05, 3.63) is 83.8 Å². The van der Waals surface area contributed by atoms with Gasteiger partial charge >= 0.3 is 0 Å². The molecule has 1 aromatic heterocycles. The summed E-state index contributed by atoms with van der Waals surface area (Å²) in [6, 6.07) is 3.98. The largest absolute Gasteiger partial charge is 0.464 e. The first kappa shape index (κ1) is 22.6. The molecule has 0 unspecified atom stereocenters. The molecule has 2 N–H and O–H groups in total. The highest BCUT2D eigenvalue weighted by molar-refractivity contribution is 7.98. The molecule has 7 nitrogen and oxygen atoms in total. The zero-order valence-corrected chi connectivity index (χ0v) is 16.4. The van der Waals surface area contributed by atoms with Crippen molar-refractivity contribution in [2.24, 2.45) is 0 Å². The number of rotatable bonds is 16. The van der Waals surface area contributed by atoms with Gasteiger partial charge in [-0.2, -0.15) is 11.8 Å². The lowest BCUT2D eigenvalue weighted by Crippen LogP contribution is -2.29. The Kier molecular flexibility index (Phi) is 11.5. The second-order valence-electron chi connectivity index (χ2n) is 5.62. The van der Waals surface area contributed by atoms with E-state index in [1.54, 1.807) is 17.8 Å². The lowest BCUT2D eigenvalue weighted by molar-refractivity contribution is -0.404. The van der Waals surface area contributed by atoms with Gasteiger partial charge in [0.1, 0.15) is 11.5 Å². The summed E-state index contributed by atoms with van der Waals surface area (Å²) in [7, 11) is 0. The smallest absolute Gasteiger partial charge is 0.274 e. The summed E-state index contributed by atoms with van der Waals surface area (Å²) >= 11 is 1.70. The minimum absolute atomic E-state index is 0.380. The SMILES string of the molecule is C=CCN/C(=C\[N+](=O)[O-])NCCSCc1ccc(CN(CC=C)CC=C)o1. The van der Waals surface area contributed by atoms with Crippen LogP contribution in [0.4, 0.5) is 0 Å². The Balaban J connectivity index is 2.34. The van der Waals surface area contributed by atoms with E-state index in [1.165, 1.54) is 0 Å². The molecule has 0 spiro atoms. The van der Waals surface area contributed by atoms with Crippen LogP contribution in [0.1, 0.15) is 11.5 Å². The maximum Gasteiger partial charge on any atom is 0.274 e. The van der Waals surface area contributed by atoms with Crippen LogP contribution in [-0.4, -0.2) is 41.8 Å². The highest BCUT2D eigenvalue weighted by Crippen LogP contribution is 2.16.